The highest BCUT2D eigenvalue weighted by Crippen LogP contribution is 2.38. The summed E-state index contributed by atoms with van der Waals surface area (Å²) in [6, 6.07) is 12.0. The molecule has 0 aliphatic rings. The topological polar surface area (TPSA) is 71.1 Å². The number of carbonyl (C=O) groups is 2. The molecular weight excluding hydrogens is 324 g/mol. The molecule has 6 nitrogen and oxygen atoms in total. The number of methoxy groups -OCH3 is 3. The molecule has 0 atom stereocenters. The lowest BCUT2D eigenvalue weighted by Gasteiger charge is -2.14. The lowest BCUT2D eigenvalue weighted by Crippen LogP contribution is -2.15. The molecule has 0 N–H and O–H groups in total. The summed E-state index contributed by atoms with van der Waals surface area (Å²) in [5.41, 5.74) is 1.13. The molecule has 0 heterocycles. The number of rotatable bonds is 8. The van der Waals surface area contributed by atoms with Crippen molar-refractivity contribution in [1.29, 1.82) is 0 Å². The Bertz CT molecular complexity index is 714. The average molecular weight is 344 g/mol. The summed E-state index contributed by atoms with van der Waals surface area (Å²) in [5.74, 6) is 0.578. The molecule has 0 radical (unpaired) electrons. The predicted octanol–water partition coefficient (Wildman–Crippen LogP) is 2.68. The van der Waals surface area contributed by atoms with Crippen molar-refractivity contribution >= 4 is 11.8 Å². The standard InChI is InChI=1S/C19H20O6/c1-22-16-9-13(10-17(23-2)19(16)24-3)11-18(21)25-12-15(20)14-7-5-4-6-8-14/h4-10H,11-12H2,1-3H3. The highest BCUT2D eigenvalue weighted by Gasteiger charge is 2.16. The second-order valence-corrected chi connectivity index (χ2v) is 5.16. The quantitative estimate of drug-likeness (QED) is 0.542. The number of hydrogen-bond acceptors (Lipinski definition) is 6. The third-order valence-electron chi connectivity index (χ3n) is 3.53. The van der Waals surface area contributed by atoms with E-state index in [1.165, 1.54) is 21.3 Å². The van der Waals surface area contributed by atoms with Crippen LogP contribution in [0.1, 0.15) is 15.9 Å². The van der Waals surface area contributed by atoms with Gasteiger partial charge in [0.15, 0.2) is 23.9 Å². The largest absolute Gasteiger partial charge is 0.493 e. The molecule has 132 valence electrons. The van der Waals surface area contributed by atoms with Crippen LogP contribution in [0.5, 0.6) is 17.2 Å². The molecule has 0 aliphatic heterocycles. The third kappa shape index (κ3) is 4.73. The zero-order chi connectivity index (χ0) is 18.2. The molecule has 6 heteroatoms. The van der Waals surface area contributed by atoms with Crippen molar-refractivity contribution in [3.05, 3.63) is 53.6 Å². The molecule has 2 aromatic carbocycles. The Morgan fingerprint density at radius 2 is 1.48 bits per heavy atom. The molecule has 0 amide bonds. The first-order chi connectivity index (χ1) is 12.1. The number of ketones is 1. The van der Waals surface area contributed by atoms with Crippen LogP contribution in [0.15, 0.2) is 42.5 Å². The molecule has 0 unspecified atom stereocenters. The molecule has 0 spiro atoms. The van der Waals surface area contributed by atoms with Gasteiger partial charge in [0, 0.05) is 5.56 Å². The summed E-state index contributed by atoms with van der Waals surface area (Å²) in [6.07, 6.45) is -0.0151. The minimum atomic E-state index is -0.515. The fourth-order valence-electron chi connectivity index (χ4n) is 2.31. The van der Waals surface area contributed by atoms with Gasteiger partial charge in [-0.2, -0.15) is 0 Å². The van der Waals surface area contributed by atoms with Crippen LogP contribution in [0.25, 0.3) is 0 Å². The molecule has 2 aromatic rings. The van der Waals surface area contributed by atoms with Crippen molar-refractivity contribution in [3.63, 3.8) is 0 Å². The van der Waals surface area contributed by atoms with E-state index in [0.29, 0.717) is 28.4 Å². The van der Waals surface area contributed by atoms with Crippen LogP contribution >= 0.6 is 0 Å². The van der Waals surface area contributed by atoms with Gasteiger partial charge in [-0.3, -0.25) is 9.59 Å². The zero-order valence-electron chi connectivity index (χ0n) is 14.4. The normalized spacial score (nSPS) is 10.0. The van der Waals surface area contributed by atoms with Crippen molar-refractivity contribution < 1.29 is 28.5 Å². The Balaban J connectivity index is 2.02. The average Bonchev–Trinajstić information content (AvgIpc) is 2.65. The van der Waals surface area contributed by atoms with Crippen LogP contribution in [0.2, 0.25) is 0 Å². The first-order valence-corrected chi connectivity index (χ1v) is 7.61. The smallest absolute Gasteiger partial charge is 0.310 e. The van der Waals surface area contributed by atoms with Crippen molar-refractivity contribution in [3.8, 4) is 17.2 Å². The van der Waals surface area contributed by atoms with E-state index in [9.17, 15) is 9.59 Å². The van der Waals surface area contributed by atoms with Gasteiger partial charge in [0.2, 0.25) is 5.75 Å². The maximum Gasteiger partial charge on any atom is 0.310 e. The van der Waals surface area contributed by atoms with Gasteiger partial charge in [-0.05, 0) is 17.7 Å². The van der Waals surface area contributed by atoms with E-state index >= 15 is 0 Å². The van der Waals surface area contributed by atoms with Gasteiger partial charge < -0.3 is 18.9 Å². The van der Waals surface area contributed by atoms with E-state index in [-0.39, 0.29) is 18.8 Å². The number of benzene rings is 2. The molecule has 0 aliphatic carbocycles. The fourth-order valence-corrected chi connectivity index (χ4v) is 2.31. The molecule has 0 bridgehead atoms. The Morgan fingerprint density at radius 3 is 2.00 bits per heavy atom. The Kier molecular flexibility index (Phi) is 6.39. The molecule has 25 heavy (non-hydrogen) atoms. The molecule has 0 saturated heterocycles. The number of ether oxygens (including phenoxy) is 4. The molecule has 0 aromatic heterocycles. The number of esters is 1. The first kappa shape index (κ1) is 18.3. The van der Waals surface area contributed by atoms with Gasteiger partial charge in [0.1, 0.15) is 0 Å². The van der Waals surface area contributed by atoms with Crippen molar-refractivity contribution in [2.24, 2.45) is 0 Å². The van der Waals surface area contributed by atoms with Crippen LogP contribution in [0.3, 0.4) is 0 Å². The highest BCUT2D eigenvalue weighted by atomic mass is 16.5. The lowest BCUT2D eigenvalue weighted by molar-refractivity contribution is -0.141. The van der Waals surface area contributed by atoms with Gasteiger partial charge in [0.05, 0.1) is 27.8 Å². The van der Waals surface area contributed by atoms with Crippen LogP contribution in [0.4, 0.5) is 0 Å². The second kappa shape index (κ2) is 8.73. The van der Waals surface area contributed by atoms with E-state index in [2.05, 4.69) is 0 Å². The summed E-state index contributed by atoms with van der Waals surface area (Å²) in [6.45, 7) is -0.298. The Labute approximate surface area is 146 Å². The van der Waals surface area contributed by atoms with Gasteiger partial charge >= 0.3 is 5.97 Å². The van der Waals surface area contributed by atoms with E-state index in [4.69, 9.17) is 18.9 Å². The van der Waals surface area contributed by atoms with Gasteiger partial charge in [0.25, 0.3) is 0 Å². The van der Waals surface area contributed by atoms with E-state index < -0.39 is 5.97 Å². The van der Waals surface area contributed by atoms with Crippen LogP contribution in [0, 0.1) is 0 Å². The first-order valence-electron chi connectivity index (χ1n) is 7.61. The summed E-state index contributed by atoms with van der Waals surface area (Å²) in [4.78, 5) is 24.0. The monoisotopic (exact) mass is 344 g/mol. The Hall–Kier alpha value is -3.02. The van der Waals surface area contributed by atoms with Crippen molar-refractivity contribution in [2.75, 3.05) is 27.9 Å². The predicted molar refractivity (Wildman–Crippen MR) is 91.5 cm³/mol. The maximum atomic E-state index is 12.0. The third-order valence-corrected chi connectivity index (χ3v) is 3.53. The SMILES string of the molecule is COc1cc(CC(=O)OCC(=O)c2ccccc2)cc(OC)c1OC. The summed E-state index contributed by atoms with van der Waals surface area (Å²) < 4.78 is 20.8. The van der Waals surface area contributed by atoms with Crippen molar-refractivity contribution in [2.45, 2.75) is 6.42 Å². The molecule has 0 fully saturated rings. The van der Waals surface area contributed by atoms with Crippen LogP contribution in [-0.2, 0) is 16.0 Å². The van der Waals surface area contributed by atoms with Gasteiger partial charge in [-0.15, -0.1) is 0 Å². The van der Waals surface area contributed by atoms with Gasteiger partial charge in [-0.1, -0.05) is 30.3 Å². The Morgan fingerprint density at radius 1 is 0.880 bits per heavy atom. The molecular formula is C19H20O6. The summed E-state index contributed by atoms with van der Waals surface area (Å²) in [7, 11) is 4.50. The second-order valence-electron chi connectivity index (χ2n) is 5.16. The van der Waals surface area contributed by atoms with Crippen molar-refractivity contribution in [1.82, 2.24) is 0 Å². The minimum Gasteiger partial charge on any atom is -0.493 e. The van der Waals surface area contributed by atoms with Gasteiger partial charge in [-0.25, -0.2) is 0 Å². The maximum absolute atomic E-state index is 12.0. The number of Topliss-reactive ketones (excluding diaryl/α,β-unsaturated/α-hetero) is 1. The van der Waals surface area contributed by atoms with Crippen LogP contribution < -0.4 is 14.2 Å². The van der Waals surface area contributed by atoms with Crippen LogP contribution in [-0.4, -0.2) is 39.7 Å². The molecule has 0 saturated carbocycles. The van der Waals surface area contributed by atoms with E-state index in [0.717, 1.165) is 0 Å². The number of hydrogen-bond donors (Lipinski definition) is 0. The van der Waals surface area contributed by atoms with E-state index in [1.54, 1.807) is 36.4 Å². The number of carbonyl (C=O) groups excluding carboxylic acids is 2. The minimum absolute atomic E-state index is 0.0151. The summed E-state index contributed by atoms with van der Waals surface area (Å²) >= 11 is 0. The lowest BCUT2D eigenvalue weighted by atomic mass is 10.1. The fraction of sp³-hybridized carbons (Fsp3) is 0.263. The highest BCUT2D eigenvalue weighted by molar-refractivity contribution is 5.97. The molecule has 2 rings (SSSR count). The van der Waals surface area contributed by atoms with E-state index in [1.807, 2.05) is 6.07 Å². The zero-order valence-corrected chi connectivity index (χ0v) is 14.4. The summed E-state index contributed by atoms with van der Waals surface area (Å²) in [5, 5.41) is 0.